The van der Waals surface area contributed by atoms with E-state index in [1.54, 1.807) is 0 Å². The topological polar surface area (TPSA) is 12.4 Å². The first-order valence-electron chi connectivity index (χ1n) is 10.5. The van der Waals surface area contributed by atoms with Crippen LogP contribution in [0.5, 0.6) is 0 Å². The monoisotopic (exact) mass is 327 g/mol. The maximum Gasteiger partial charge on any atom is 0.0276 e. The van der Waals surface area contributed by atoms with Crippen molar-refractivity contribution in [1.29, 1.82) is 0 Å². The minimum Gasteiger partial charge on any atom is -0.297 e. The molecule has 0 aromatic carbocycles. The largest absolute Gasteiger partial charge is 0.297 e. The molecule has 7 unspecified atom stereocenters. The molecule has 4 aliphatic carbocycles. The highest BCUT2D eigenvalue weighted by Gasteiger charge is 2.58. The zero-order valence-corrected chi connectivity index (χ0v) is 16.6. The van der Waals surface area contributed by atoms with Gasteiger partial charge in [-0.2, -0.15) is 0 Å². The first-order valence-corrected chi connectivity index (χ1v) is 10.5. The molecule has 3 saturated carbocycles. The van der Waals surface area contributed by atoms with Crippen LogP contribution in [0, 0.1) is 40.4 Å². The third-order valence-corrected chi connectivity index (χ3v) is 9.21. The van der Waals surface area contributed by atoms with E-state index >= 15 is 0 Å². The van der Waals surface area contributed by atoms with Gasteiger partial charge in [0.25, 0.3) is 0 Å². The van der Waals surface area contributed by atoms with E-state index in [-0.39, 0.29) is 0 Å². The highest BCUT2D eigenvalue weighted by atomic mass is 14.7. The molecule has 0 bridgehead atoms. The molecule has 4 rings (SSSR count). The molecular weight excluding hydrogens is 290 g/mol. The number of hydrogen-bond donors (Lipinski definition) is 0. The van der Waals surface area contributed by atoms with Crippen molar-refractivity contribution in [2.45, 2.75) is 79.1 Å². The predicted molar refractivity (Wildman–Crippen MR) is 103 cm³/mol. The molecule has 0 N–H and O–H groups in total. The van der Waals surface area contributed by atoms with E-state index in [4.69, 9.17) is 0 Å². The van der Waals surface area contributed by atoms with Gasteiger partial charge in [-0.05, 0) is 92.8 Å². The summed E-state index contributed by atoms with van der Waals surface area (Å²) in [6.07, 6.45) is 14.1. The second kappa shape index (κ2) is 5.71. The zero-order chi connectivity index (χ0) is 17.1. The van der Waals surface area contributed by atoms with Crippen LogP contribution in [0.4, 0.5) is 0 Å². The molecule has 0 heterocycles. The Bertz CT molecular complexity index is 573. The van der Waals surface area contributed by atoms with E-state index < -0.39 is 0 Å². The summed E-state index contributed by atoms with van der Waals surface area (Å²) in [5, 5.41) is 0. The molecule has 0 aromatic heterocycles. The third-order valence-electron chi connectivity index (χ3n) is 9.21. The Morgan fingerprint density at radius 1 is 1.08 bits per heavy atom. The van der Waals surface area contributed by atoms with Crippen molar-refractivity contribution in [2.24, 2.45) is 45.4 Å². The maximum atomic E-state index is 4.60. The van der Waals surface area contributed by atoms with Gasteiger partial charge in [0.2, 0.25) is 0 Å². The average molecular weight is 328 g/mol. The molecule has 0 aromatic rings. The molecule has 24 heavy (non-hydrogen) atoms. The summed E-state index contributed by atoms with van der Waals surface area (Å²) < 4.78 is 0. The summed E-state index contributed by atoms with van der Waals surface area (Å²) in [6, 6.07) is 0. The van der Waals surface area contributed by atoms with Crippen LogP contribution in [0.15, 0.2) is 16.6 Å². The number of rotatable bonds is 1. The fourth-order valence-corrected chi connectivity index (χ4v) is 7.69. The summed E-state index contributed by atoms with van der Waals surface area (Å²) >= 11 is 0. The van der Waals surface area contributed by atoms with Crippen LogP contribution >= 0.6 is 0 Å². The number of aliphatic imine (C=N–C) groups is 1. The number of hydrogen-bond acceptors (Lipinski definition) is 1. The summed E-state index contributed by atoms with van der Waals surface area (Å²) in [6.45, 7) is 9.99. The van der Waals surface area contributed by atoms with E-state index in [0.717, 1.165) is 29.6 Å². The Kier molecular flexibility index (Phi) is 4.01. The van der Waals surface area contributed by atoms with Crippen molar-refractivity contribution >= 4 is 5.71 Å². The summed E-state index contributed by atoms with van der Waals surface area (Å²) in [7, 11) is 2.00. The molecule has 134 valence electrons. The van der Waals surface area contributed by atoms with E-state index in [2.05, 4.69) is 38.8 Å². The lowest BCUT2D eigenvalue weighted by molar-refractivity contribution is -0.0353. The smallest absolute Gasteiger partial charge is 0.0276 e. The lowest BCUT2D eigenvalue weighted by Crippen LogP contribution is -2.50. The van der Waals surface area contributed by atoms with Gasteiger partial charge in [-0.25, -0.2) is 0 Å². The fourth-order valence-electron chi connectivity index (χ4n) is 7.69. The van der Waals surface area contributed by atoms with Crippen molar-refractivity contribution < 1.29 is 0 Å². The quantitative estimate of drug-likeness (QED) is 0.396. The van der Waals surface area contributed by atoms with Crippen LogP contribution in [-0.4, -0.2) is 12.8 Å². The molecule has 4 aliphatic rings. The van der Waals surface area contributed by atoms with Gasteiger partial charge in [0.05, 0.1) is 0 Å². The Labute approximate surface area is 149 Å². The molecule has 1 nitrogen and oxygen atoms in total. The first-order chi connectivity index (χ1) is 11.4. The van der Waals surface area contributed by atoms with Crippen molar-refractivity contribution in [3.63, 3.8) is 0 Å². The van der Waals surface area contributed by atoms with Crippen LogP contribution in [0.3, 0.4) is 0 Å². The van der Waals surface area contributed by atoms with E-state index in [0.29, 0.717) is 10.8 Å². The Morgan fingerprint density at radius 3 is 2.62 bits per heavy atom. The normalized spacial score (nSPS) is 51.5. The second-order valence-corrected chi connectivity index (χ2v) is 10.1. The third kappa shape index (κ3) is 2.22. The van der Waals surface area contributed by atoms with Crippen LogP contribution < -0.4 is 0 Å². The molecule has 0 aliphatic heterocycles. The van der Waals surface area contributed by atoms with Gasteiger partial charge in [-0.15, -0.1) is 0 Å². The number of nitrogens with zero attached hydrogens (tertiary/aromatic N) is 1. The van der Waals surface area contributed by atoms with Gasteiger partial charge >= 0.3 is 0 Å². The molecular formula is C23H37N. The average Bonchev–Trinajstić information content (AvgIpc) is 2.92. The second-order valence-electron chi connectivity index (χ2n) is 10.1. The maximum absolute atomic E-state index is 4.60. The highest BCUT2D eigenvalue weighted by molar-refractivity contribution is 5.85. The minimum absolute atomic E-state index is 0.522. The van der Waals surface area contributed by atoms with Crippen molar-refractivity contribution in [3.8, 4) is 0 Å². The Balaban J connectivity index is 1.65. The van der Waals surface area contributed by atoms with Gasteiger partial charge in [-0.1, -0.05) is 32.4 Å². The van der Waals surface area contributed by atoms with E-state index in [1.807, 2.05) is 12.6 Å². The van der Waals surface area contributed by atoms with Crippen molar-refractivity contribution in [3.05, 3.63) is 11.6 Å². The first kappa shape index (κ1) is 16.9. The lowest BCUT2D eigenvalue weighted by Gasteiger charge is -2.58. The SMILES string of the molecule is CN=C(C)C1CCC2C3CC=C4CC(C)CCC4(C)C3CCC12C. The van der Waals surface area contributed by atoms with Crippen LogP contribution in [0.2, 0.25) is 0 Å². The van der Waals surface area contributed by atoms with Crippen molar-refractivity contribution in [2.75, 3.05) is 7.05 Å². The van der Waals surface area contributed by atoms with Crippen LogP contribution in [0.25, 0.3) is 0 Å². The van der Waals surface area contributed by atoms with Gasteiger partial charge in [0.15, 0.2) is 0 Å². The lowest BCUT2D eigenvalue weighted by atomic mass is 9.47. The van der Waals surface area contributed by atoms with Crippen LogP contribution in [0.1, 0.15) is 79.1 Å². The predicted octanol–water partition coefficient (Wildman–Crippen LogP) is 6.29. The zero-order valence-electron chi connectivity index (χ0n) is 16.6. The summed E-state index contributed by atoms with van der Waals surface area (Å²) in [4.78, 5) is 4.60. The molecule has 0 spiro atoms. The Morgan fingerprint density at radius 2 is 1.88 bits per heavy atom. The molecule has 3 fully saturated rings. The number of allylic oxidation sites excluding steroid dienone is 2. The van der Waals surface area contributed by atoms with Gasteiger partial charge in [0.1, 0.15) is 0 Å². The van der Waals surface area contributed by atoms with E-state index in [1.165, 1.54) is 57.1 Å². The molecule has 7 atom stereocenters. The van der Waals surface area contributed by atoms with Crippen molar-refractivity contribution in [1.82, 2.24) is 0 Å². The fraction of sp³-hybridized carbons (Fsp3) is 0.870. The minimum atomic E-state index is 0.522. The molecule has 0 radical (unpaired) electrons. The van der Waals surface area contributed by atoms with Crippen LogP contribution in [-0.2, 0) is 0 Å². The van der Waals surface area contributed by atoms with E-state index in [9.17, 15) is 0 Å². The molecule has 0 saturated heterocycles. The Hall–Kier alpha value is -0.590. The van der Waals surface area contributed by atoms with Gasteiger partial charge < -0.3 is 0 Å². The van der Waals surface area contributed by atoms with Gasteiger partial charge in [0, 0.05) is 18.7 Å². The summed E-state index contributed by atoms with van der Waals surface area (Å²) in [5.74, 6) is 4.50. The standard InChI is InChI=1S/C23H37N/c1-15-10-12-22(3)17(14-15)6-7-18-20-9-8-19(16(2)24-5)23(20,4)13-11-21(18)22/h6,15,18-21H,7-14H2,1-5H3. The highest BCUT2D eigenvalue weighted by Crippen LogP contribution is 2.66. The number of fused-ring (bicyclic) bond motifs is 5. The molecule has 1 heteroatoms. The molecule has 0 amide bonds. The summed E-state index contributed by atoms with van der Waals surface area (Å²) in [5.41, 5.74) is 4.31. The van der Waals surface area contributed by atoms with Gasteiger partial charge in [-0.3, -0.25) is 4.99 Å².